The molecule has 0 aromatic rings. The predicted molar refractivity (Wildman–Crippen MR) is 54.9 cm³/mol. The zero-order valence-corrected chi connectivity index (χ0v) is 9.06. The average Bonchev–Trinajstić information content (AvgIpc) is 2.03. The van der Waals surface area contributed by atoms with Crippen LogP contribution in [0.2, 0.25) is 0 Å². The molecule has 0 amide bonds. The zero-order valence-electron chi connectivity index (χ0n) is 8.24. The second kappa shape index (κ2) is 6.75. The molecule has 0 aromatic heterocycles. The zero-order chi connectivity index (χ0) is 10.3. The van der Waals surface area contributed by atoms with Gasteiger partial charge < -0.3 is 4.74 Å². The van der Waals surface area contributed by atoms with Gasteiger partial charge in [-0.1, -0.05) is 13.8 Å². The first-order valence-electron chi connectivity index (χ1n) is 4.35. The molecule has 0 aliphatic heterocycles. The van der Waals surface area contributed by atoms with Gasteiger partial charge >= 0.3 is 5.97 Å². The van der Waals surface area contributed by atoms with Gasteiger partial charge in [0, 0.05) is 0 Å². The SMILES string of the molecule is CCOC(=O)C(CC(C)C)N=C=S. The van der Waals surface area contributed by atoms with Crippen molar-refractivity contribution in [3.05, 3.63) is 0 Å². The first-order chi connectivity index (χ1) is 6.11. The van der Waals surface area contributed by atoms with Crippen molar-refractivity contribution in [3.8, 4) is 0 Å². The van der Waals surface area contributed by atoms with Crippen LogP contribution in [-0.2, 0) is 9.53 Å². The van der Waals surface area contributed by atoms with Crippen LogP contribution in [0.1, 0.15) is 27.2 Å². The number of thiocarbonyl (C=S) groups is 1. The standard InChI is InChI=1S/C9H15NO2S/c1-4-12-9(11)8(10-6-13)5-7(2)3/h7-8H,4-5H2,1-3H3. The van der Waals surface area contributed by atoms with E-state index in [1.165, 1.54) is 0 Å². The summed E-state index contributed by atoms with van der Waals surface area (Å²) in [5.74, 6) is 0.0788. The number of hydrogen-bond donors (Lipinski definition) is 0. The Morgan fingerprint density at radius 2 is 2.23 bits per heavy atom. The Labute approximate surface area is 84.2 Å². The van der Waals surface area contributed by atoms with E-state index in [9.17, 15) is 4.79 Å². The normalized spacial score (nSPS) is 12.0. The van der Waals surface area contributed by atoms with Crippen LogP contribution in [0.5, 0.6) is 0 Å². The second-order valence-corrected chi connectivity index (χ2v) is 3.30. The van der Waals surface area contributed by atoms with E-state index >= 15 is 0 Å². The number of carbonyl (C=O) groups excluding carboxylic acids is 1. The second-order valence-electron chi connectivity index (χ2n) is 3.12. The lowest BCUT2D eigenvalue weighted by molar-refractivity contribution is -0.144. The summed E-state index contributed by atoms with van der Waals surface area (Å²) in [6.07, 6.45) is 0.655. The van der Waals surface area contributed by atoms with Crippen LogP contribution in [0.3, 0.4) is 0 Å². The minimum absolute atomic E-state index is 0.312. The fourth-order valence-electron chi connectivity index (χ4n) is 0.950. The average molecular weight is 201 g/mol. The molecule has 0 aliphatic carbocycles. The molecular formula is C9H15NO2S. The molecular weight excluding hydrogens is 186 g/mol. The maximum atomic E-state index is 11.3. The summed E-state index contributed by atoms with van der Waals surface area (Å²) in [5, 5.41) is 2.22. The van der Waals surface area contributed by atoms with Crippen LogP contribution in [0.25, 0.3) is 0 Å². The Balaban J connectivity index is 4.23. The number of esters is 1. The molecule has 0 fully saturated rings. The topological polar surface area (TPSA) is 38.7 Å². The van der Waals surface area contributed by atoms with E-state index < -0.39 is 6.04 Å². The summed E-state index contributed by atoms with van der Waals surface area (Å²) in [6.45, 7) is 6.18. The van der Waals surface area contributed by atoms with Crippen molar-refractivity contribution in [2.45, 2.75) is 33.2 Å². The number of hydrogen-bond acceptors (Lipinski definition) is 4. The van der Waals surface area contributed by atoms with Crippen LogP contribution in [-0.4, -0.2) is 23.8 Å². The highest BCUT2D eigenvalue weighted by molar-refractivity contribution is 7.78. The molecule has 0 saturated heterocycles. The maximum absolute atomic E-state index is 11.3. The van der Waals surface area contributed by atoms with E-state index in [0.717, 1.165) is 0 Å². The van der Waals surface area contributed by atoms with Crippen molar-refractivity contribution < 1.29 is 9.53 Å². The molecule has 1 unspecified atom stereocenters. The third kappa shape index (κ3) is 5.50. The Kier molecular flexibility index (Phi) is 6.37. The largest absolute Gasteiger partial charge is 0.464 e. The van der Waals surface area contributed by atoms with Crippen molar-refractivity contribution in [2.75, 3.05) is 6.61 Å². The molecule has 4 heteroatoms. The molecule has 13 heavy (non-hydrogen) atoms. The van der Waals surface area contributed by atoms with Gasteiger partial charge in [0.25, 0.3) is 0 Å². The minimum atomic E-state index is -0.475. The Morgan fingerprint density at radius 1 is 1.62 bits per heavy atom. The molecule has 0 bridgehead atoms. The molecule has 0 aromatic carbocycles. The van der Waals surface area contributed by atoms with E-state index in [1.54, 1.807) is 6.92 Å². The lowest BCUT2D eigenvalue weighted by Crippen LogP contribution is -2.23. The van der Waals surface area contributed by atoms with Crippen LogP contribution in [0, 0.1) is 5.92 Å². The smallest absolute Gasteiger partial charge is 0.331 e. The Hall–Kier alpha value is -0.730. The van der Waals surface area contributed by atoms with Gasteiger partial charge in [-0.2, -0.15) is 0 Å². The summed E-state index contributed by atoms with van der Waals surface area (Å²) in [7, 11) is 0. The van der Waals surface area contributed by atoms with E-state index in [4.69, 9.17) is 4.74 Å². The molecule has 3 nitrogen and oxygen atoms in total. The van der Waals surface area contributed by atoms with Crippen LogP contribution < -0.4 is 0 Å². The molecule has 0 heterocycles. The fraction of sp³-hybridized carbons (Fsp3) is 0.778. The minimum Gasteiger partial charge on any atom is -0.464 e. The molecule has 0 N–H and O–H groups in total. The van der Waals surface area contributed by atoms with Gasteiger partial charge in [-0.15, -0.1) is 0 Å². The summed E-state index contributed by atoms with van der Waals surface area (Å²) >= 11 is 4.46. The van der Waals surface area contributed by atoms with Crippen LogP contribution in [0.15, 0.2) is 4.99 Å². The molecule has 0 aliphatic rings. The van der Waals surface area contributed by atoms with Gasteiger partial charge in [-0.3, -0.25) is 0 Å². The number of ether oxygens (including phenoxy) is 1. The Morgan fingerprint density at radius 3 is 2.62 bits per heavy atom. The summed E-state index contributed by atoms with van der Waals surface area (Å²) < 4.78 is 4.84. The quantitative estimate of drug-likeness (QED) is 0.388. The maximum Gasteiger partial charge on any atom is 0.331 e. The number of nitrogens with zero attached hydrogens (tertiary/aromatic N) is 1. The Bertz CT molecular complexity index is 210. The first kappa shape index (κ1) is 12.3. The van der Waals surface area contributed by atoms with Crippen molar-refractivity contribution in [2.24, 2.45) is 10.9 Å². The fourth-order valence-corrected chi connectivity index (χ4v) is 1.08. The highest BCUT2D eigenvalue weighted by Gasteiger charge is 2.19. The van der Waals surface area contributed by atoms with Gasteiger partial charge in [0.1, 0.15) is 0 Å². The van der Waals surface area contributed by atoms with Gasteiger partial charge in [0.05, 0.1) is 11.8 Å². The summed E-state index contributed by atoms with van der Waals surface area (Å²) in [5.41, 5.74) is 0. The van der Waals surface area contributed by atoms with E-state index in [0.29, 0.717) is 18.9 Å². The first-order valence-corrected chi connectivity index (χ1v) is 4.76. The van der Waals surface area contributed by atoms with E-state index in [1.807, 2.05) is 13.8 Å². The molecule has 0 radical (unpaired) electrons. The highest BCUT2D eigenvalue weighted by Crippen LogP contribution is 2.09. The molecule has 0 spiro atoms. The van der Waals surface area contributed by atoms with E-state index in [-0.39, 0.29) is 5.97 Å². The molecule has 0 rings (SSSR count). The van der Waals surface area contributed by atoms with Gasteiger partial charge in [-0.25, -0.2) is 9.79 Å². The van der Waals surface area contributed by atoms with Gasteiger partial charge in [-0.05, 0) is 31.5 Å². The predicted octanol–water partition coefficient (Wildman–Crippen LogP) is 2.07. The number of carbonyl (C=O) groups is 1. The van der Waals surface area contributed by atoms with Crippen molar-refractivity contribution in [1.29, 1.82) is 0 Å². The van der Waals surface area contributed by atoms with Crippen molar-refractivity contribution in [1.82, 2.24) is 0 Å². The van der Waals surface area contributed by atoms with Gasteiger partial charge in [0.15, 0.2) is 6.04 Å². The third-order valence-corrected chi connectivity index (χ3v) is 1.57. The van der Waals surface area contributed by atoms with Crippen molar-refractivity contribution >= 4 is 23.3 Å². The summed E-state index contributed by atoms with van der Waals surface area (Å²) in [6, 6.07) is -0.475. The highest BCUT2D eigenvalue weighted by atomic mass is 32.1. The number of aliphatic imine (C=N–C) groups is 1. The number of isothiocyanates is 1. The molecule has 0 saturated carbocycles. The molecule has 74 valence electrons. The lowest BCUT2D eigenvalue weighted by Gasteiger charge is -2.11. The van der Waals surface area contributed by atoms with Crippen molar-refractivity contribution in [3.63, 3.8) is 0 Å². The van der Waals surface area contributed by atoms with Gasteiger partial charge in [0.2, 0.25) is 0 Å². The van der Waals surface area contributed by atoms with E-state index in [2.05, 4.69) is 22.4 Å². The monoisotopic (exact) mass is 201 g/mol. The third-order valence-electron chi connectivity index (χ3n) is 1.46. The van der Waals surface area contributed by atoms with Crippen LogP contribution >= 0.6 is 12.2 Å². The lowest BCUT2D eigenvalue weighted by atomic mass is 10.0. The number of rotatable bonds is 5. The summed E-state index contributed by atoms with van der Waals surface area (Å²) in [4.78, 5) is 15.0. The van der Waals surface area contributed by atoms with Crippen LogP contribution in [0.4, 0.5) is 0 Å². The molecule has 1 atom stereocenters.